The molecular weight excluding hydrogens is 164 g/mol. The molecule has 0 saturated carbocycles. The van der Waals surface area contributed by atoms with Gasteiger partial charge in [0.1, 0.15) is 5.51 Å². The number of rotatable bonds is 0. The van der Waals surface area contributed by atoms with Crippen molar-refractivity contribution in [1.29, 1.82) is 0 Å². The zero-order valence-electron chi connectivity index (χ0n) is 5.70. The molecule has 0 aromatic carbocycles. The maximum Gasteiger partial charge on any atom is 0.384 e. The highest BCUT2D eigenvalue weighted by molar-refractivity contribution is 7.09. The zero-order chi connectivity index (χ0) is 8.10. The normalized spacial score (nSPS) is 8.09. The quantitative estimate of drug-likeness (QED) is 0.406. The Bertz CT molecular complexity index is 296. The second kappa shape index (κ2) is 3.68. The number of ether oxygens (including phenoxy) is 1. The summed E-state index contributed by atoms with van der Waals surface area (Å²) >= 11 is 1.27. The van der Waals surface area contributed by atoms with E-state index in [4.69, 9.17) is 0 Å². The number of esters is 1. The first kappa shape index (κ1) is 7.69. The summed E-state index contributed by atoms with van der Waals surface area (Å²) in [6.07, 6.45) is 0. The second-order valence-electron chi connectivity index (χ2n) is 1.49. The summed E-state index contributed by atoms with van der Waals surface area (Å²) in [6.45, 7) is 0. The standard InChI is InChI=1S/C6H4N2O2S/c1-10-6(9)3-2-5-8-7-4-11-5/h4H,1H3. The van der Waals surface area contributed by atoms with E-state index in [1.54, 1.807) is 5.51 Å². The number of methoxy groups -OCH3 is 1. The van der Waals surface area contributed by atoms with Gasteiger partial charge in [0.05, 0.1) is 7.11 Å². The Morgan fingerprint density at radius 1 is 1.82 bits per heavy atom. The van der Waals surface area contributed by atoms with Crippen molar-refractivity contribution in [2.75, 3.05) is 7.11 Å². The lowest BCUT2D eigenvalue weighted by molar-refractivity contribution is -0.133. The minimum Gasteiger partial charge on any atom is -0.459 e. The number of carbonyl (C=O) groups is 1. The van der Waals surface area contributed by atoms with Gasteiger partial charge in [0.25, 0.3) is 0 Å². The first-order valence-electron chi connectivity index (χ1n) is 2.69. The van der Waals surface area contributed by atoms with Crippen molar-refractivity contribution in [1.82, 2.24) is 10.2 Å². The van der Waals surface area contributed by atoms with Gasteiger partial charge in [0.15, 0.2) is 5.01 Å². The highest BCUT2D eigenvalue weighted by Gasteiger charge is 1.91. The van der Waals surface area contributed by atoms with Crippen molar-refractivity contribution in [3.8, 4) is 11.8 Å². The summed E-state index contributed by atoms with van der Waals surface area (Å²) in [5, 5.41) is 7.66. The van der Waals surface area contributed by atoms with E-state index in [1.165, 1.54) is 18.4 Å². The Kier molecular flexibility index (Phi) is 2.58. The fourth-order valence-electron chi connectivity index (χ4n) is 0.383. The van der Waals surface area contributed by atoms with Crippen molar-refractivity contribution in [2.45, 2.75) is 0 Å². The fraction of sp³-hybridized carbons (Fsp3) is 0.167. The molecule has 0 radical (unpaired) electrons. The summed E-state index contributed by atoms with van der Waals surface area (Å²) in [5.74, 6) is 4.16. The van der Waals surface area contributed by atoms with Gasteiger partial charge in [-0.05, 0) is 5.92 Å². The van der Waals surface area contributed by atoms with Crippen molar-refractivity contribution in [3.05, 3.63) is 10.5 Å². The first-order valence-corrected chi connectivity index (χ1v) is 3.57. The molecule has 1 aromatic rings. The third-order valence-electron chi connectivity index (χ3n) is 0.817. The maximum absolute atomic E-state index is 10.5. The van der Waals surface area contributed by atoms with Crippen LogP contribution in [0, 0.1) is 11.8 Å². The molecule has 1 aromatic heterocycles. The molecule has 0 saturated heterocycles. The molecule has 1 rings (SSSR count). The molecule has 0 amide bonds. The summed E-state index contributed by atoms with van der Waals surface area (Å²) in [5.41, 5.74) is 1.54. The Morgan fingerprint density at radius 3 is 3.18 bits per heavy atom. The van der Waals surface area contributed by atoms with E-state index in [9.17, 15) is 4.79 Å². The SMILES string of the molecule is COC(=O)C#Cc1nncs1. The highest BCUT2D eigenvalue weighted by Crippen LogP contribution is 1.96. The number of hydrogen-bond donors (Lipinski definition) is 0. The van der Waals surface area contributed by atoms with E-state index >= 15 is 0 Å². The minimum absolute atomic E-state index is 0.510. The molecule has 0 bridgehead atoms. The summed E-state index contributed by atoms with van der Waals surface area (Å²) in [6, 6.07) is 0. The molecule has 0 aliphatic rings. The van der Waals surface area contributed by atoms with Gasteiger partial charge in [-0.2, -0.15) is 0 Å². The summed E-state index contributed by atoms with van der Waals surface area (Å²) in [4.78, 5) is 10.5. The monoisotopic (exact) mass is 168 g/mol. The molecule has 0 unspecified atom stereocenters. The third kappa shape index (κ3) is 2.35. The largest absolute Gasteiger partial charge is 0.459 e. The minimum atomic E-state index is -0.569. The first-order chi connectivity index (χ1) is 5.33. The topological polar surface area (TPSA) is 52.1 Å². The van der Waals surface area contributed by atoms with E-state index in [0.717, 1.165) is 0 Å². The van der Waals surface area contributed by atoms with Crippen molar-refractivity contribution < 1.29 is 9.53 Å². The van der Waals surface area contributed by atoms with Crippen LogP contribution in [-0.2, 0) is 9.53 Å². The van der Waals surface area contributed by atoms with Gasteiger partial charge in [0.2, 0.25) is 0 Å². The van der Waals surface area contributed by atoms with Crippen LogP contribution in [0.15, 0.2) is 5.51 Å². The molecule has 56 valence electrons. The van der Waals surface area contributed by atoms with Crippen LogP contribution in [0.5, 0.6) is 0 Å². The van der Waals surface area contributed by atoms with Crippen LogP contribution in [0.3, 0.4) is 0 Å². The van der Waals surface area contributed by atoms with Crippen LogP contribution >= 0.6 is 11.3 Å². The van der Waals surface area contributed by atoms with Gasteiger partial charge in [-0.1, -0.05) is 11.3 Å². The smallest absolute Gasteiger partial charge is 0.384 e. The molecular formula is C6H4N2O2S. The van der Waals surface area contributed by atoms with E-state index in [1.807, 2.05) is 0 Å². The Balaban J connectivity index is 2.66. The van der Waals surface area contributed by atoms with Gasteiger partial charge in [-0.15, -0.1) is 10.2 Å². The van der Waals surface area contributed by atoms with Crippen molar-refractivity contribution >= 4 is 17.3 Å². The molecule has 4 nitrogen and oxygen atoms in total. The summed E-state index contributed by atoms with van der Waals surface area (Å²) in [7, 11) is 1.27. The van der Waals surface area contributed by atoms with Crippen molar-refractivity contribution in [3.63, 3.8) is 0 Å². The predicted octanol–water partition coefficient (Wildman–Crippen LogP) is 0.0626. The van der Waals surface area contributed by atoms with Gasteiger partial charge in [-0.25, -0.2) is 4.79 Å². The van der Waals surface area contributed by atoms with Crippen LogP contribution in [0.1, 0.15) is 5.01 Å². The molecule has 0 fully saturated rings. The van der Waals surface area contributed by atoms with Gasteiger partial charge in [0, 0.05) is 5.92 Å². The number of hydrogen-bond acceptors (Lipinski definition) is 5. The molecule has 0 aliphatic carbocycles. The van der Waals surface area contributed by atoms with Crippen LogP contribution in [0.25, 0.3) is 0 Å². The Labute approximate surface area is 67.2 Å². The van der Waals surface area contributed by atoms with E-state index < -0.39 is 5.97 Å². The Morgan fingerprint density at radius 2 is 2.64 bits per heavy atom. The lowest BCUT2D eigenvalue weighted by Gasteiger charge is -1.82. The average molecular weight is 168 g/mol. The zero-order valence-corrected chi connectivity index (χ0v) is 6.51. The number of aromatic nitrogens is 2. The lowest BCUT2D eigenvalue weighted by atomic mass is 10.6. The van der Waals surface area contributed by atoms with Crippen LogP contribution in [0.4, 0.5) is 0 Å². The molecule has 0 spiro atoms. The summed E-state index contributed by atoms with van der Waals surface area (Å²) < 4.78 is 4.29. The molecule has 5 heteroatoms. The van der Waals surface area contributed by atoms with Crippen LogP contribution in [-0.4, -0.2) is 23.3 Å². The highest BCUT2D eigenvalue weighted by atomic mass is 32.1. The van der Waals surface area contributed by atoms with Gasteiger partial charge in [-0.3, -0.25) is 0 Å². The Hall–Kier alpha value is -1.41. The molecule has 11 heavy (non-hydrogen) atoms. The van der Waals surface area contributed by atoms with E-state index in [2.05, 4.69) is 26.8 Å². The van der Waals surface area contributed by atoms with Crippen LogP contribution in [0.2, 0.25) is 0 Å². The molecule has 0 aliphatic heterocycles. The van der Waals surface area contributed by atoms with E-state index in [0.29, 0.717) is 5.01 Å². The molecule has 1 heterocycles. The average Bonchev–Trinajstić information content (AvgIpc) is 2.52. The fourth-order valence-corrected chi connectivity index (χ4v) is 0.781. The number of nitrogens with zero attached hydrogens (tertiary/aromatic N) is 2. The second-order valence-corrected chi connectivity index (χ2v) is 2.32. The molecule has 0 atom stereocenters. The van der Waals surface area contributed by atoms with Gasteiger partial charge < -0.3 is 4.74 Å². The number of carbonyl (C=O) groups excluding carboxylic acids is 1. The lowest BCUT2D eigenvalue weighted by Crippen LogP contribution is -1.94. The van der Waals surface area contributed by atoms with Gasteiger partial charge >= 0.3 is 5.97 Å². The predicted molar refractivity (Wildman–Crippen MR) is 38.8 cm³/mol. The third-order valence-corrected chi connectivity index (χ3v) is 1.42. The van der Waals surface area contributed by atoms with Crippen LogP contribution < -0.4 is 0 Å². The maximum atomic E-state index is 10.5. The molecule has 0 N–H and O–H groups in total. The van der Waals surface area contributed by atoms with Crippen molar-refractivity contribution in [2.24, 2.45) is 0 Å². The van der Waals surface area contributed by atoms with E-state index in [-0.39, 0.29) is 0 Å².